The minimum atomic E-state index is -0.221. The highest BCUT2D eigenvalue weighted by Gasteiger charge is 2.11. The summed E-state index contributed by atoms with van der Waals surface area (Å²) in [6.45, 7) is 1.16. The van der Waals surface area contributed by atoms with Crippen molar-refractivity contribution >= 4 is 34.9 Å². The van der Waals surface area contributed by atoms with Gasteiger partial charge in [-0.3, -0.25) is 4.57 Å². The first kappa shape index (κ1) is 14.5. The van der Waals surface area contributed by atoms with Gasteiger partial charge in [0.05, 0.1) is 0 Å². The molecule has 1 N–H and O–H groups in total. The largest absolute Gasteiger partial charge is 0.385 e. The van der Waals surface area contributed by atoms with Gasteiger partial charge >= 0.3 is 5.69 Å². The lowest BCUT2D eigenvalue weighted by Gasteiger charge is -2.04. The Kier molecular flexibility index (Phi) is 5.37. The summed E-state index contributed by atoms with van der Waals surface area (Å²) in [6, 6.07) is 0. The molecular weight excluding hydrogens is 310 g/mol. The van der Waals surface area contributed by atoms with Gasteiger partial charge in [0, 0.05) is 37.5 Å². The summed E-state index contributed by atoms with van der Waals surface area (Å²) in [5.74, 6) is 0.532. The molecule has 0 saturated heterocycles. The molecule has 7 nitrogen and oxygen atoms in total. The SMILES string of the molecule is COCCCn1c(SCc2nnsc2Cl)n[nH]c1=O. The summed E-state index contributed by atoms with van der Waals surface area (Å²) in [5, 5.41) is 11.0. The van der Waals surface area contributed by atoms with E-state index in [9.17, 15) is 4.79 Å². The van der Waals surface area contributed by atoms with Crippen LogP contribution in [0.3, 0.4) is 0 Å². The molecule has 0 aliphatic carbocycles. The quantitative estimate of drug-likeness (QED) is 0.613. The average molecular weight is 322 g/mol. The number of aromatic nitrogens is 5. The predicted octanol–water partition coefficient (Wildman–Crippen LogP) is 1.41. The first-order chi connectivity index (χ1) is 9.22. The molecule has 2 aromatic rings. The molecule has 0 bridgehead atoms. The lowest BCUT2D eigenvalue weighted by molar-refractivity contribution is 0.189. The summed E-state index contributed by atoms with van der Waals surface area (Å²) in [7, 11) is 1.63. The first-order valence-corrected chi connectivity index (χ1v) is 7.59. The molecule has 10 heteroatoms. The van der Waals surface area contributed by atoms with E-state index >= 15 is 0 Å². The van der Waals surface area contributed by atoms with Crippen LogP contribution in [0, 0.1) is 0 Å². The third kappa shape index (κ3) is 3.78. The molecule has 0 aromatic carbocycles. The van der Waals surface area contributed by atoms with E-state index in [1.165, 1.54) is 11.8 Å². The minimum absolute atomic E-state index is 0.221. The van der Waals surface area contributed by atoms with Crippen LogP contribution >= 0.6 is 34.9 Å². The Hall–Kier alpha value is -0.900. The van der Waals surface area contributed by atoms with Gasteiger partial charge < -0.3 is 4.74 Å². The number of methoxy groups -OCH3 is 1. The number of rotatable bonds is 7. The second-order valence-corrected chi connectivity index (χ2v) is 5.89. The van der Waals surface area contributed by atoms with Crippen LogP contribution in [0.1, 0.15) is 12.1 Å². The van der Waals surface area contributed by atoms with Gasteiger partial charge in [0.1, 0.15) is 10.0 Å². The van der Waals surface area contributed by atoms with E-state index in [1.807, 2.05) is 0 Å². The van der Waals surface area contributed by atoms with Crippen LogP contribution in [-0.4, -0.2) is 38.1 Å². The van der Waals surface area contributed by atoms with E-state index in [-0.39, 0.29) is 5.69 Å². The van der Waals surface area contributed by atoms with Crippen molar-refractivity contribution in [3.8, 4) is 0 Å². The van der Waals surface area contributed by atoms with Gasteiger partial charge in [-0.1, -0.05) is 27.9 Å². The summed E-state index contributed by atoms with van der Waals surface area (Å²) < 4.78 is 10.9. The van der Waals surface area contributed by atoms with E-state index < -0.39 is 0 Å². The van der Waals surface area contributed by atoms with Crippen LogP contribution in [0.2, 0.25) is 4.34 Å². The third-order valence-corrected chi connectivity index (χ3v) is 4.27. The number of aromatic amines is 1. The Morgan fingerprint density at radius 2 is 2.42 bits per heavy atom. The van der Waals surface area contributed by atoms with Crippen molar-refractivity contribution in [3.63, 3.8) is 0 Å². The van der Waals surface area contributed by atoms with Crippen molar-refractivity contribution < 1.29 is 4.74 Å². The van der Waals surface area contributed by atoms with E-state index in [0.29, 0.717) is 34.1 Å². The molecule has 0 unspecified atom stereocenters. The summed E-state index contributed by atoms with van der Waals surface area (Å²) in [5.41, 5.74) is 0.483. The summed E-state index contributed by atoms with van der Waals surface area (Å²) >= 11 is 8.46. The molecule has 0 amide bonds. The number of nitrogens with one attached hydrogen (secondary N) is 1. The second kappa shape index (κ2) is 7.04. The van der Waals surface area contributed by atoms with Gasteiger partial charge in [-0.05, 0) is 6.42 Å². The molecule has 19 heavy (non-hydrogen) atoms. The number of thioether (sulfide) groups is 1. The molecule has 0 aliphatic heterocycles. The van der Waals surface area contributed by atoms with Crippen molar-refractivity contribution in [2.45, 2.75) is 23.9 Å². The zero-order chi connectivity index (χ0) is 13.7. The van der Waals surface area contributed by atoms with Crippen LogP contribution in [0.4, 0.5) is 0 Å². The molecule has 0 spiro atoms. The minimum Gasteiger partial charge on any atom is -0.385 e. The molecular formula is C9H12ClN5O2S2. The number of halogens is 1. The fourth-order valence-corrected chi connectivity index (χ4v) is 3.10. The Morgan fingerprint density at radius 3 is 3.11 bits per heavy atom. The number of nitrogens with zero attached hydrogens (tertiary/aromatic N) is 4. The van der Waals surface area contributed by atoms with Gasteiger partial charge in [0.2, 0.25) is 0 Å². The molecule has 104 valence electrons. The highest BCUT2D eigenvalue weighted by atomic mass is 35.5. The van der Waals surface area contributed by atoms with Gasteiger partial charge in [-0.15, -0.1) is 10.2 Å². The van der Waals surface area contributed by atoms with Crippen molar-refractivity contribution in [2.75, 3.05) is 13.7 Å². The number of hydrogen-bond donors (Lipinski definition) is 1. The number of H-pyrrole nitrogens is 1. The predicted molar refractivity (Wildman–Crippen MR) is 73.8 cm³/mol. The Balaban J connectivity index is 2.00. The fraction of sp³-hybridized carbons (Fsp3) is 0.556. The molecule has 2 aromatic heterocycles. The van der Waals surface area contributed by atoms with Crippen LogP contribution in [0.15, 0.2) is 9.95 Å². The number of hydrogen-bond acceptors (Lipinski definition) is 7. The zero-order valence-electron chi connectivity index (χ0n) is 10.1. The van der Waals surface area contributed by atoms with Crippen molar-refractivity contribution in [1.82, 2.24) is 24.4 Å². The monoisotopic (exact) mass is 321 g/mol. The maximum atomic E-state index is 11.6. The van der Waals surface area contributed by atoms with Crippen molar-refractivity contribution in [1.29, 1.82) is 0 Å². The molecule has 0 atom stereocenters. The highest BCUT2D eigenvalue weighted by molar-refractivity contribution is 7.98. The van der Waals surface area contributed by atoms with E-state index in [0.717, 1.165) is 18.0 Å². The molecule has 0 radical (unpaired) electrons. The lowest BCUT2D eigenvalue weighted by Crippen LogP contribution is -2.18. The maximum Gasteiger partial charge on any atom is 0.343 e. The Morgan fingerprint density at radius 1 is 1.58 bits per heavy atom. The van der Waals surface area contributed by atoms with E-state index in [1.54, 1.807) is 11.7 Å². The summed E-state index contributed by atoms with van der Waals surface area (Å²) in [4.78, 5) is 11.6. The van der Waals surface area contributed by atoms with Gasteiger partial charge in [-0.2, -0.15) is 0 Å². The second-order valence-electron chi connectivity index (χ2n) is 3.59. The molecule has 0 fully saturated rings. The normalized spacial score (nSPS) is 11.1. The van der Waals surface area contributed by atoms with Crippen molar-refractivity contribution in [3.05, 3.63) is 20.5 Å². The zero-order valence-corrected chi connectivity index (χ0v) is 12.5. The maximum absolute atomic E-state index is 11.6. The molecule has 2 heterocycles. The van der Waals surface area contributed by atoms with Gasteiger partial charge in [0.25, 0.3) is 0 Å². The highest BCUT2D eigenvalue weighted by Crippen LogP contribution is 2.25. The fourth-order valence-electron chi connectivity index (χ4n) is 1.39. The molecule has 0 saturated carbocycles. The molecule has 0 aliphatic rings. The van der Waals surface area contributed by atoms with Crippen molar-refractivity contribution in [2.24, 2.45) is 0 Å². The van der Waals surface area contributed by atoms with Crippen LogP contribution in [0.25, 0.3) is 0 Å². The standard InChI is InChI=1S/C9H12ClN5O2S2/c1-17-4-2-3-15-8(16)12-13-9(15)18-5-6-7(10)19-14-11-6/h2-5H2,1H3,(H,12,16). The molecule has 2 rings (SSSR count). The average Bonchev–Trinajstić information content (AvgIpc) is 2.95. The van der Waals surface area contributed by atoms with Crippen LogP contribution < -0.4 is 5.69 Å². The Bertz CT molecular complexity index is 581. The van der Waals surface area contributed by atoms with E-state index in [2.05, 4.69) is 19.8 Å². The first-order valence-electron chi connectivity index (χ1n) is 5.46. The lowest BCUT2D eigenvalue weighted by atomic mass is 10.4. The smallest absolute Gasteiger partial charge is 0.343 e. The number of ether oxygens (including phenoxy) is 1. The van der Waals surface area contributed by atoms with Crippen LogP contribution in [-0.2, 0) is 17.0 Å². The summed E-state index contributed by atoms with van der Waals surface area (Å²) in [6.07, 6.45) is 0.752. The van der Waals surface area contributed by atoms with E-state index in [4.69, 9.17) is 16.3 Å². The van der Waals surface area contributed by atoms with Gasteiger partial charge in [-0.25, -0.2) is 9.89 Å². The third-order valence-electron chi connectivity index (χ3n) is 2.30. The Labute approximate surface area is 122 Å². The topological polar surface area (TPSA) is 85.7 Å². The van der Waals surface area contributed by atoms with Crippen LogP contribution in [0.5, 0.6) is 0 Å². The van der Waals surface area contributed by atoms with Gasteiger partial charge in [0.15, 0.2) is 5.16 Å².